The van der Waals surface area contributed by atoms with Crippen LogP contribution < -0.4 is 11.1 Å². The molecule has 1 amide bonds. The second kappa shape index (κ2) is 10.8. The van der Waals surface area contributed by atoms with Gasteiger partial charge in [-0.2, -0.15) is 0 Å². The topological polar surface area (TPSA) is 194 Å². The molecular weight excluding hydrogens is 590 g/mol. The minimum atomic E-state index is -3.18. The van der Waals surface area contributed by atoms with E-state index in [4.69, 9.17) is 5.73 Å². The van der Waals surface area contributed by atoms with E-state index in [1.165, 1.54) is 25.1 Å². The summed E-state index contributed by atoms with van der Waals surface area (Å²) in [6.45, 7) is 4.78. The zero-order valence-electron chi connectivity index (χ0n) is 26.0. The third kappa shape index (κ3) is 4.23. The van der Waals surface area contributed by atoms with Crippen LogP contribution in [0.2, 0.25) is 0 Å². The van der Waals surface area contributed by atoms with Crippen molar-refractivity contribution in [1.82, 2.24) is 10.2 Å². The smallest absolute Gasteiger partial charge is 0.255 e. The second-order valence-corrected chi connectivity index (χ2v) is 13.0. The normalized spacial score (nSPS) is 26.1. The second-order valence-electron chi connectivity index (χ2n) is 13.0. The Hall–Kier alpha value is -4.55. The van der Waals surface area contributed by atoms with E-state index in [0.717, 1.165) is 21.9 Å². The number of aliphatic hydroxyl groups excluding tert-OH is 2. The lowest BCUT2D eigenvalue weighted by molar-refractivity contribution is -0.199. The molecule has 6 rings (SSSR count). The number of rotatable bonds is 6. The summed E-state index contributed by atoms with van der Waals surface area (Å²) >= 11 is 0. The summed E-state index contributed by atoms with van der Waals surface area (Å²) < 4.78 is 0. The van der Waals surface area contributed by atoms with Gasteiger partial charge in [-0.25, -0.2) is 0 Å². The van der Waals surface area contributed by atoms with Gasteiger partial charge in [-0.1, -0.05) is 56.3 Å². The summed E-state index contributed by atoms with van der Waals surface area (Å²) in [6, 6.07) is 13.7. The zero-order chi connectivity index (χ0) is 33.5. The molecule has 11 heteroatoms. The predicted octanol–water partition coefficient (Wildman–Crippen LogP) is 2.55. The van der Waals surface area contributed by atoms with Gasteiger partial charge < -0.3 is 36.6 Å². The number of nitrogens with two attached hydrogens (primary N) is 1. The summed E-state index contributed by atoms with van der Waals surface area (Å²) in [6.07, 6.45) is -0.413. The van der Waals surface area contributed by atoms with Crippen LogP contribution in [-0.4, -0.2) is 85.3 Å². The molecule has 0 heterocycles. The average Bonchev–Trinajstić information content (AvgIpc) is 2.98. The molecule has 0 saturated heterocycles. The number of allylic oxidation sites excluding steroid dienone is 1. The number of phenolic OH excluding ortho intramolecular Hbond substituents is 1. The molecule has 0 radical (unpaired) electrons. The molecule has 0 aromatic heterocycles. The van der Waals surface area contributed by atoms with Crippen molar-refractivity contribution in [2.75, 3.05) is 14.1 Å². The maximum absolute atomic E-state index is 14.2. The number of nitrogens with zero attached hydrogens (tertiary/aromatic N) is 1. The minimum Gasteiger partial charge on any atom is -0.510 e. The van der Waals surface area contributed by atoms with E-state index in [1.54, 1.807) is 6.07 Å². The zero-order valence-corrected chi connectivity index (χ0v) is 26.0. The van der Waals surface area contributed by atoms with E-state index in [1.807, 2.05) is 36.4 Å². The Morgan fingerprint density at radius 3 is 2.28 bits per heavy atom. The standard InChI is InChI=1S/C35H37N3O8/c1-16(2)37-15-17-9-10-21(20-8-6-5-7-19(17)20)22-11-12-24(39)26-23(22)13-18-14-34(45)30(38(3)4)29(41)27(33(36)44)32(43)35(34,46)31(42)25(18)28(26)40/h5-12,16,18,30,37,39,41-42,45-46H,13-15H2,1-4H3,(H2,36,44)/t18-,30+,34+,35-/m0/s1. The maximum Gasteiger partial charge on any atom is 0.255 e. The van der Waals surface area contributed by atoms with Crippen molar-refractivity contribution >= 4 is 28.2 Å². The van der Waals surface area contributed by atoms with Gasteiger partial charge in [0.1, 0.15) is 34.5 Å². The van der Waals surface area contributed by atoms with Crippen molar-refractivity contribution in [2.24, 2.45) is 11.7 Å². The molecule has 0 unspecified atom stereocenters. The number of aromatic hydroxyl groups is 1. The fourth-order valence-electron chi connectivity index (χ4n) is 7.67. The summed E-state index contributed by atoms with van der Waals surface area (Å²) in [5.74, 6) is -6.98. The number of carbonyl (C=O) groups is 3. The third-order valence-corrected chi connectivity index (χ3v) is 9.69. The highest BCUT2D eigenvalue weighted by atomic mass is 16.4. The van der Waals surface area contributed by atoms with Crippen LogP contribution >= 0.6 is 0 Å². The minimum absolute atomic E-state index is 0.0368. The number of hydrogen-bond acceptors (Lipinski definition) is 10. The third-order valence-electron chi connectivity index (χ3n) is 9.69. The number of benzene rings is 3. The number of hydrogen-bond donors (Lipinski definition) is 7. The summed E-state index contributed by atoms with van der Waals surface area (Å²) in [7, 11) is 2.90. The van der Waals surface area contributed by atoms with Crippen molar-refractivity contribution in [3.8, 4) is 16.9 Å². The summed E-state index contributed by atoms with van der Waals surface area (Å²) in [5.41, 5.74) is 1.22. The predicted molar refractivity (Wildman–Crippen MR) is 170 cm³/mol. The summed E-state index contributed by atoms with van der Waals surface area (Å²) in [5, 5.41) is 63.0. The van der Waals surface area contributed by atoms with E-state index in [0.29, 0.717) is 17.7 Å². The van der Waals surface area contributed by atoms with Crippen LogP contribution in [0.4, 0.5) is 0 Å². The molecule has 11 nitrogen and oxygen atoms in total. The van der Waals surface area contributed by atoms with E-state index in [9.17, 15) is 39.9 Å². The summed E-state index contributed by atoms with van der Waals surface area (Å²) in [4.78, 5) is 41.3. The molecule has 0 aliphatic heterocycles. The van der Waals surface area contributed by atoms with Crippen LogP contribution in [0.1, 0.15) is 41.8 Å². The first-order valence-electron chi connectivity index (χ1n) is 15.1. The van der Waals surface area contributed by atoms with Crippen LogP contribution in [0.15, 0.2) is 71.2 Å². The molecule has 8 N–H and O–H groups in total. The highest BCUT2D eigenvalue weighted by molar-refractivity contribution is 6.25. The number of carbonyl (C=O) groups excluding carboxylic acids is 3. The van der Waals surface area contributed by atoms with E-state index < -0.39 is 64.1 Å². The molecule has 3 aliphatic rings. The lowest BCUT2D eigenvalue weighted by Gasteiger charge is -2.55. The number of nitrogens with one attached hydrogen (secondary N) is 1. The quantitative estimate of drug-likeness (QED) is 0.200. The molecule has 0 spiro atoms. The fourth-order valence-corrected chi connectivity index (χ4v) is 7.67. The Balaban J connectivity index is 1.55. The van der Waals surface area contributed by atoms with Crippen LogP contribution in [0.25, 0.3) is 21.9 Å². The van der Waals surface area contributed by atoms with Crippen molar-refractivity contribution in [3.05, 3.63) is 87.9 Å². The Labute approximate surface area is 265 Å². The van der Waals surface area contributed by atoms with Gasteiger partial charge in [-0.15, -0.1) is 0 Å². The molecular formula is C35H37N3O8. The van der Waals surface area contributed by atoms with Crippen LogP contribution in [0, 0.1) is 5.92 Å². The number of primary amides is 1. The molecule has 0 bridgehead atoms. The first kappa shape index (κ1) is 31.4. The number of likely N-dealkylation sites (N-methyl/N-ethyl adjacent to an activating group) is 1. The molecule has 0 fully saturated rings. The lowest BCUT2D eigenvalue weighted by atomic mass is 9.56. The lowest BCUT2D eigenvalue weighted by Crippen LogP contribution is -2.75. The van der Waals surface area contributed by atoms with E-state index in [-0.39, 0.29) is 29.3 Å². The largest absolute Gasteiger partial charge is 0.510 e. The monoisotopic (exact) mass is 627 g/mol. The Morgan fingerprint density at radius 2 is 1.65 bits per heavy atom. The van der Waals surface area contributed by atoms with Gasteiger partial charge in [-0.3, -0.25) is 19.3 Å². The van der Waals surface area contributed by atoms with Gasteiger partial charge in [0.15, 0.2) is 5.78 Å². The van der Waals surface area contributed by atoms with Crippen molar-refractivity contribution in [2.45, 2.75) is 56.5 Å². The molecule has 3 aromatic rings. The first-order valence-corrected chi connectivity index (χ1v) is 15.1. The SMILES string of the molecule is CC(C)NCc1ccc(-c2ccc(O)c3c2C[C@H]2C[C@@]4(O)[C@H](N(C)C)C(O)=C(C(N)=O)C(=O)[C@@]4(O)C(O)=C2C3=O)c2ccccc12. The molecule has 4 atom stereocenters. The highest BCUT2D eigenvalue weighted by Gasteiger charge is 2.71. The van der Waals surface area contributed by atoms with Crippen LogP contribution in [0.3, 0.4) is 0 Å². The fraction of sp³-hybridized carbons (Fsp3) is 0.343. The van der Waals surface area contributed by atoms with Gasteiger partial charge in [0.2, 0.25) is 11.4 Å². The van der Waals surface area contributed by atoms with E-state index >= 15 is 0 Å². The van der Waals surface area contributed by atoms with E-state index in [2.05, 4.69) is 19.2 Å². The maximum atomic E-state index is 14.2. The van der Waals surface area contributed by atoms with Crippen LogP contribution in [0.5, 0.6) is 5.75 Å². The molecule has 46 heavy (non-hydrogen) atoms. The van der Waals surface area contributed by atoms with Gasteiger partial charge in [0.25, 0.3) is 5.91 Å². The van der Waals surface area contributed by atoms with Crippen LogP contribution in [-0.2, 0) is 22.6 Å². The molecule has 240 valence electrons. The van der Waals surface area contributed by atoms with Gasteiger partial charge in [0.05, 0.1) is 5.56 Å². The Bertz CT molecular complexity index is 1910. The number of aliphatic hydroxyl groups is 4. The van der Waals surface area contributed by atoms with Crippen molar-refractivity contribution in [3.63, 3.8) is 0 Å². The number of ketones is 2. The number of Topliss-reactive ketones (excluding diaryl/α,β-unsaturated/α-hetero) is 2. The van der Waals surface area contributed by atoms with Gasteiger partial charge in [0, 0.05) is 18.2 Å². The molecule has 0 saturated carbocycles. The number of amides is 1. The van der Waals surface area contributed by atoms with Crippen molar-refractivity contribution in [1.29, 1.82) is 0 Å². The molecule has 3 aliphatic carbocycles. The Morgan fingerprint density at radius 1 is 1.00 bits per heavy atom. The highest BCUT2D eigenvalue weighted by Crippen LogP contribution is 2.55. The average molecular weight is 628 g/mol. The Kier molecular flexibility index (Phi) is 7.36. The van der Waals surface area contributed by atoms with Gasteiger partial charge >= 0.3 is 0 Å². The first-order chi connectivity index (χ1) is 21.6. The molecule has 3 aromatic carbocycles. The number of phenols is 1. The van der Waals surface area contributed by atoms with Gasteiger partial charge in [-0.05, 0) is 71.9 Å². The van der Waals surface area contributed by atoms with Crippen molar-refractivity contribution < 1.29 is 39.9 Å². The number of fused-ring (bicyclic) bond motifs is 4.